The van der Waals surface area contributed by atoms with Crippen molar-refractivity contribution in [1.29, 1.82) is 0 Å². The summed E-state index contributed by atoms with van der Waals surface area (Å²) < 4.78 is 24.7. The number of ether oxygens (including phenoxy) is 1. The molecule has 1 amide bonds. The molecule has 0 aromatic heterocycles. The molecule has 7 heteroatoms. The van der Waals surface area contributed by atoms with Crippen molar-refractivity contribution >= 4 is 13.5 Å². The summed E-state index contributed by atoms with van der Waals surface area (Å²) in [7, 11) is -3.11. The van der Waals surface area contributed by atoms with Crippen molar-refractivity contribution < 1.29 is 23.7 Å². The minimum Gasteiger partial charge on any atom is -0.444 e. The third kappa shape index (κ3) is 8.66. The van der Waals surface area contributed by atoms with Crippen LogP contribution in [0, 0.1) is 5.92 Å². The maximum Gasteiger partial charge on any atom is 0.407 e. The summed E-state index contributed by atoms with van der Waals surface area (Å²) in [4.78, 5) is 11.8. The van der Waals surface area contributed by atoms with Gasteiger partial charge in [0.2, 0.25) is 0 Å². The Labute approximate surface area is 168 Å². The lowest BCUT2D eigenvalue weighted by atomic mass is 9.91. The average Bonchev–Trinajstić information content (AvgIpc) is 2.60. The van der Waals surface area contributed by atoms with Gasteiger partial charge < -0.3 is 19.7 Å². The number of nitrogens with one attached hydrogen (secondary N) is 1. The Bertz CT molecular complexity index is 653. The molecule has 1 aliphatic carbocycles. The van der Waals surface area contributed by atoms with Crippen LogP contribution in [0.2, 0.25) is 0 Å². The van der Waals surface area contributed by atoms with Crippen molar-refractivity contribution in [3.63, 3.8) is 0 Å². The number of benzene rings is 1. The Morgan fingerprint density at radius 1 is 1.21 bits per heavy atom. The summed E-state index contributed by atoms with van der Waals surface area (Å²) in [5.74, 6) is 0.906. The van der Waals surface area contributed by atoms with Crippen molar-refractivity contribution in [3.8, 4) is 5.75 Å². The van der Waals surface area contributed by atoms with Gasteiger partial charge in [0.05, 0.1) is 12.3 Å². The highest BCUT2D eigenvalue weighted by molar-refractivity contribution is 7.59. The molecule has 158 valence electrons. The van der Waals surface area contributed by atoms with E-state index in [9.17, 15) is 14.5 Å². The molecule has 1 saturated carbocycles. The SMILES string of the molecule is CC(C)(C)OC(=O)NC[C@H](O)CP(=O)(CC1CCCCC1)Oc1ccccc1. The number of hydrogen-bond donors (Lipinski definition) is 2. The number of rotatable bonds is 8. The van der Waals surface area contributed by atoms with Crippen molar-refractivity contribution in [2.75, 3.05) is 18.9 Å². The van der Waals surface area contributed by atoms with Crippen LogP contribution in [-0.2, 0) is 9.30 Å². The summed E-state index contributed by atoms with van der Waals surface area (Å²) in [5.41, 5.74) is -0.609. The number of hydrogen-bond acceptors (Lipinski definition) is 5. The number of aliphatic hydroxyl groups is 1. The van der Waals surface area contributed by atoms with Crippen molar-refractivity contribution in [2.24, 2.45) is 5.92 Å². The Morgan fingerprint density at radius 2 is 1.86 bits per heavy atom. The normalized spacial score (nSPS) is 18.7. The molecule has 28 heavy (non-hydrogen) atoms. The van der Waals surface area contributed by atoms with Gasteiger partial charge in [-0.2, -0.15) is 0 Å². The molecule has 0 heterocycles. The molecule has 1 unspecified atom stereocenters. The maximum absolute atomic E-state index is 13.6. The quantitative estimate of drug-likeness (QED) is 0.600. The first-order chi connectivity index (χ1) is 13.2. The standard InChI is InChI=1S/C21H34NO5P/c1-21(2,3)26-20(24)22-14-18(23)16-28(25,15-17-10-6-4-7-11-17)27-19-12-8-5-9-13-19/h5,8-9,12-13,17-18,23H,4,6-7,10-11,14-16H2,1-3H3,(H,22,24)/t18-,28?/m0/s1. The second kappa shape index (κ2) is 10.3. The van der Waals surface area contributed by atoms with E-state index >= 15 is 0 Å². The molecule has 1 fully saturated rings. The van der Waals surface area contributed by atoms with E-state index in [4.69, 9.17) is 9.26 Å². The van der Waals surface area contributed by atoms with E-state index in [0.29, 0.717) is 17.8 Å². The van der Waals surface area contributed by atoms with Gasteiger partial charge in [-0.05, 0) is 51.7 Å². The van der Waals surface area contributed by atoms with Crippen molar-refractivity contribution in [1.82, 2.24) is 5.32 Å². The zero-order valence-corrected chi connectivity index (χ0v) is 18.1. The van der Waals surface area contributed by atoms with E-state index in [0.717, 1.165) is 25.7 Å². The smallest absolute Gasteiger partial charge is 0.407 e. The average molecular weight is 411 g/mol. The van der Waals surface area contributed by atoms with E-state index in [1.54, 1.807) is 32.9 Å². The van der Waals surface area contributed by atoms with Crippen LogP contribution in [0.15, 0.2) is 30.3 Å². The van der Waals surface area contributed by atoms with E-state index < -0.39 is 25.2 Å². The first-order valence-corrected chi connectivity index (χ1v) is 12.1. The van der Waals surface area contributed by atoms with Crippen LogP contribution >= 0.6 is 7.37 Å². The molecular weight excluding hydrogens is 377 g/mol. The van der Waals surface area contributed by atoms with Crippen molar-refractivity contribution in [2.45, 2.75) is 64.6 Å². The summed E-state index contributed by atoms with van der Waals surface area (Å²) in [5, 5.41) is 13.0. The number of aliphatic hydroxyl groups excluding tert-OH is 1. The van der Waals surface area contributed by atoms with Crippen LogP contribution in [0.3, 0.4) is 0 Å². The molecule has 2 N–H and O–H groups in total. The highest BCUT2D eigenvalue weighted by Crippen LogP contribution is 2.51. The molecule has 1 aromatic carbocycles. The minimum absolute atomic E-state index is 0.00813. The van der Waals surface area contributed by atoms with Gasteiger partial charge in [-0.25, -0.2) is 4.79 Å². The van der Waals surface area contributed by atoms with Gasteiger partial charge in [-0.15, -0.1) is 0 Å². The second-order valence-corrected chi connectivity index (χ2v) is 11.2. The van der Waals surface area contributed by atoms with E-state index in [-0.39, 0.29) is 12.7 Å². The van der Waals surface area contributed by atoms with Gasteiger partial charge >= 0.3 is 6.09 Å². The van der Waals surface area contributed by atoms with Gasteiger partial charge in [0.25, 0.3) is 7.37 Å². The predicted octanol–water partition coefficient (Wildman–Crippen LogP) is 4.81. The monoisotopic (exact) mass is 411 g/mol. The summed E-state index contributed by atoms with van der Waals surface area (Å²) in [6, 6.07) is 9.10. The molecular formula is C21H34NO5P. The number of carbonyl (C=O) groups excluding carboxylic acids is 1. The van der Waals surface area contributed by atoms with Crippen LogP contribution in [0.25, 0.3) is 0 Å². The topological polar surface area (TPSA) is 84.9 Å². The second-order valence-electron chi connectivity index (χ2n) is 8.62. The van der Waals surface area contributed by atoms with Gasteiger partial charge in [0, 0.05) is 12.7 Å². The first-order valence-electron chi connectivity index (χ1n) is 10.1. The lowest BCUT2D eigenvalue weighted by Crippen LogP contribution is -2.38. The van der Waals surface area contributed by atoms with Gasteiger partial charge in [-0.3, -0.25) is 4.57 Å². The Hall–Kier alpha value is -1.52. The van der Waals surface area contributed by atoms with Gasteiger partial charge in [0.15, 0.2) is 0 Å². The largest absolute Gasteiger partial charge is 0.444 e. The fourth-order valence-electron chi connectivity index (χ4n) is 3.49. The molecule has 0 bridgehead atoms. The van der Waals surface area contributed by atoms with E-state index in [1.807, 2.05) is 18.2 Å². The number of carbonyl (C=O) groups is 1. The third-order valence-electron chi connectivity index (χ3n) is 4.65. The minimum atomic E-state index is -3.11. The molecule has 2 atom stereocenters. The lowest BCUT2D eigenvalue weighted by molar-refractivity contribution is 0.0498. The molecule has 2 rings (SSSR count). The molecule has 1 aromatic rings. The molecule has 6 nitrogen and oxygen atoms in total. The zero-order valence-electron chi connectivity index (χ0n) is 17.2. The lowest BCUT2D eigenvalue weighted by Gasteiger charge is -2.28. The summed E-state index contributed by atoms with van der Waals surface area (Å²) in [6.07, 6.45) is 4.53. The van der Waals surface area contributed by atoms with E-state index in [2.05, 4.69) is 5.32 Å². The van der Waals surface area contributed by atoms with Crippen LogP contribution < -0.4 is 9.84 Å². The fraction of sp³-hybridized carbons (Fsp3) is 0.667. The Morgan fingerprint density at radius 3 is 2.46 bits per heavy atom. The number of para-hydroxylation sites is 1. The Balaban J connectivity index is 1.97. The molecule has 0 aliphatic heterocycles. The number of amides is 1. The zero-order chi connectivity index (χ0) is 20.6. The maximum atomic E-state index is 13.6. The predicted molar refractivity (Wildman–Crippen MR) is 111 cm³/mol. The summed E-state index contributed by atoms with van der Waals surface area (Å²) >= 11 is 0. The fourth-order valence-corrected chi connectivity index (χ4v) is 6.21. The van der Waals surface area contributed by atoms with Gasteiger partial charge in [-0.1, -0.05) is 37.5 Å². The van der Waals surface area contributed by atoms with Gasteiger partial charge in [0.1, 0.15) is 11.4 Å². The number of alkyl carbamates (subject to hydrolysis) is 1. The molecule has 0 spiro atoms. The summed E-state index contributed by atoms with van der Waals surface area (Å²) in [6.45, 7) is 5.29. The molecule has 0 radical (unpaired) electrons. The van der Waals surface area contributed by atoms with Crippen molar-refractivity contribution in [3.05, 3.63) is 30.3 Å². The molecule has 1 aliphatic rings. The third-order valence-corrected chi connectivity index (χ3v) is 7.24. The highest BCUT2D eigenvalue weighted by Gasteiger charge is 2.32. The first kappa shape index (κ1) is 22.8. The van der Waals surface area contributed by atoms with Crippen LogP contribution in [-0.4, -0.2) is 41.8 Å². The van der Waals surface area contributed by atoms with Crippen LogP contribution in [0.4, 0.5) is 4.79 Å². The van der Waals surface area contributed by atoms with Crippen LogP contribution in [0.5, 0.6) is 5.75 Å². The van der Waals surface area contributed by atoms with E-state index in [1.165, 1.54) is 6.42 Å². The molecule has 0 saturated heterocycles. The Kier molecular flexibility index (Phi) is 8.38. The highest BCUT2D eigenvalue weighted by atomic mass is 31.2. The van der Waals surface area contributed by atoms with Crippen LogP contribution in [0.1, 0.15) is 52.9 Å².